The predicted molar refractivity (Wildman–Crippen MR) is 134 cm³/mol. The van der Waals surface area contributed by atoms with Gasteiger partial charge < -0.3 is 20.4 Å². The molecular formula is C21H35IN8. The Balaban J connectivity index is 0.00000320. The summed E-state index contributed by atoms with van der Waals surface area (Å²) in [6.45, 7) is 4.81. The highest BCUT2D eigenvalue weighted by Crippen LogP contribution is 2.19. The van der Waals surface area contributed by atoms with Crippen molar-refractivity contribution in [3.05, 3.63) is 41.9 Å². The zero-order valence-electron chi connectivity index (χ0n) is 18.7. The zero-order chi connectivity index (χ0) is 20.8. The molecule has 1 fully saturated rings. The van der Waals surface area contributed by atoms with E-state index in [1.54, 1.807) is 0 Å². The lowest BCUT2D eigenvalue weighted by atomic mass is 10.1. The van der Waals surface area contributed by atoms with Gasteiger partial charge in [-0.05, 0) is 46.0 Å². The number of aromatic nitrogens is 3. The van der Waals surface area contributed by atoms with Crippen molar-refractivity contribution in [3.63, 3.8) is 0 Å². The third-order valence-electron chi connectivity index (χ3n) is 5.45. The standard InChI is InChI=1S/C21H34N8.HI/c1-16-7-6-8-20(25-16)29-11-9-18(10-12-29)26-21(22-2)23-14-19(27(3)4)17-13-24-28(5)15-17;/h6-8,13,15,18-19H,9-12,14H2,1-5H3,(H2,22,23,26);1H. The van der Waals surface area contributed by atoms with Gasteiger partial charge in [-0.25, -0.2) is 4.98 Å². The number of halogens is 1. The minimum Gasteiger partial charge on any atom is -0.356 e. The summed E-state index contributed by atoms with van der Waals surface area (Å²) in [5, 5.41) is 11.4. The van der Waals surface area contributed by atoms with E-state index in [0.717, 1.165) is 49.9 Å². The summed E-state index contributed by atoms with van der Waals surface area (Å²) in [4.78, 5) is 13.6. The fourth-order valence-electron chi connectivity index (χ4n) is 3.75. The number of nitrogens with zero attached hydrogens (tertiary/aromatic N) is 6. The molecule has 1 aliphatic heterocycles. The molecule has 3 rings (SSSR count). The van der Waals surface area contributed by atoms with E-state index in [-0.39, 0.29) is 30.0 Å². The van der Waals surface area contributed by atoms with Gasteiger partial charge in [0.05, 0.1) is 12.2 Å². The normalized spacial score (nSPS) is 16.3. The van der Waals surface area contributed by atoms with Crippen molar-refractivity contribution in [1.29, 1.82) is 0 Å². The Morgan fingerprint density at radius 3 is 2.60 bits per heavy atom. The number of hydrogen-bond acceptors (Lipinski definition) is 5. The number of pyridine rings is 1. The molecule has 0 aromatic carbocycles. The molecule has 0 amide bonds. The van der Waals surface area contributed by atoms with Crippen LogP contribution in [0.15, 0.2) is 35.6 Å². The van der Waals surface area contributed by atoms with Gasteiger partial charge in [-0.2, -0.15) is 5.10 Å². The fraction of sp³-hybridized carbons (Fsp3) is 0.571. The van der Waals surface area contributed by atoms with Crippen LogP contribution in [0.25, 0.3) is 0 Å². The number of aryl methyl sites for hydroxylation is 2. The first-order chi connectivity index (χ1) is 14.0. The van der Waals surface area contributed by atoms with Crippen molar-refractivity contribution in [2.24, 2.45) is 12.0 Å². The van der Waals surface area contributed by atoms with E-state index in [2.05, 4.69) is 67.9 Å². The first-order valence-corrected chi connectivity index (χ1v) is 10.3. The largest absolute Gasteiger partial charge is 0.356 e. The summed E-state index contributed by atoms with van der Waals surface area (Å²) in [6.07, 6.45) is 6.13. The third kappa shape index (κ3) is 6.56. The van der Waals surface area contributed by atoms with Crippen molar-refractivity contribution in [2.75, 3.05) is 45.7 Å². The second-order valence-electron chi connectivity index (χ2n) is 7.92. The quantitative estimate of drug-likeness (QED) is 0.342. The van der Waals surface area contributed by atoms with Gasteiger partial charge in [0.1, 0.15) is 5.82 Å². The average molecular weight is 526 g/mol. The second kappa shape index (κ2) is 11.5. The maximum atomic E-state index is 4.65. The summed E-state index contributed by atoms with van der Waals surface area (Å²) < 4.78 is 1.84. The maximum Gasteiger partial charge on any atom is 0.191 e. The Kier molecular flexibility index (Phi) is 9.35. The molecule has 2 N–H and O–H groups in total. The topological polar surface area (TPSA) is 73.6 Å². The van der Waals surface area contributed by atoms with Crippen molar-refractivity contribution < 1.29 is 0 Å². The molecule has 1 saturated heterocycles. The van der Waals surface area contributed by atoms with Gasteiger partial charge in [-0.15, -0.1) is 24.0 Å². The van der Waals surface area contributed by atoms with E-state index < -0.39 is 0 Å². The van der Waals surface area contributed by atoms with Gasteiger partial charge in [-0.3, -0.25) is 9.67 Å². The molecule has 9 heteroatoms. The Labute approximate surface area is 197 Å². The lowest BCUT2D eigenvalue weighted by Crippen LogP contribution is -2.50. The molecule has 2 aromatic heterocycles. The zero-order valence-corrected chi connectivity index (χ0v) is 21.0. The monoisotopic (exact) mass is 526 g/mol. The van der Waals surface area contributed by atoms with Crippen molar-refractivity contribution in [3.8, 4) is 0 Å². The van der Waals surface area contributed by atoms with Crippen molar-refractivity contribution in [2.45, 2.75) is 31.8 Å². The molecule has 8 nitrogen and oxygen atoms in total. The van der Waals surface area contributed by atoms with Crippen LogP contribution in [0.4, 0.5) is 5.82 Å². The van der Waals surface area contributed by atoms with Gasteiger partial charge in [0.25, 0.3) is 0 Å². The number of guanidine groups is 1. The minimum absolute atomic E-state index is 0. The summed E-state index contributed by atoms with van der Waals surface area (Å²) in [5.74, 6) is 1.93. The van der Waals surface area contributed by atoms with Gasteiger partial charge in [0.2, 0.25) is 0 Å². The minimum atomic E-state index is 0. The molecule has 2 aromatic rings. The highest BCUT2D eigenvalue weighted by atomic mass is 127. The average Bonchev–Trinajstić information content (AvgIpc) is 3.13. The van der Waals surface area contributed by atoms with E-state index in [0.29, 0.717) is 6.04 Å². The van der Waals surface area contributed by atoms with E-state index >= 15 is 0 Å². The van der Waals surface area contributed by atoms with Crippen LogP contribution >= 0.6 is 24.0 Å². The Hall–Kier alpha value is -1.88. The van der Waals surface area contributed by atoms with Crippen LogP contribution < -0.4 is 15.5 Å². The fourth-order valence-corrected chi connectivity index (χ4v) is 3.75. The Morgan fingerprint density at radius 1 is 1.30 bits per heavy atom. The lowest BCUT2D eigenvalue weighted by Gasteiger charge is -2.34. The number of hydrogen-bond donors (Lipinski definition) is 2. The molecule has 0 aliphatic carbocycles. The van der Waals surface area contributed by atoms with Crippen LogP contribution in [0, 0.1) is 6.92 Å². The lowest BCUT2D eigenvalue weighted by molar-refractivity contribution is 0.297. The van der Waals surface area contributed by atoms with Crippen LogP contribution in [-0.2, 0) is 7.05 Å². The summed E-state index contributed by atoms with van der Waals surface area (Å²) in [6, 6.07) is 6.87. The number of rotatable bonds is 6. The molecule has 1 atom stereocenters. The van der Waals surface area contributed by atoms with Gasteiger partial charge in [-0.1, -0.05) is 6.07 Å². The first kappa shape index (κ1) is 24.4. The van der Waals surface area contributed by atoms with Gasteiger partial charge in [0.15, 0.2) is 5.96 Å². The molecule has 166 valence electrons. The number of piperidine rings is 1. The Morgan fingerprint density at radius 2 is 2.03 bits per heavy atom. The molecule has 3 heterocycles. The van der Waals surface area contributed by atoms with Crippen molar-refractivity contribution >= 4 is 35.8 Å². The smallest absolute Gasteiger partial charge is 0.191 e. The SMILES string of the molecule is CN=C(NCC(c1cnn(C)c1)N(C)C)NC1CCN(c2cccc(C)n2)CC1.I. The summed E-state index contributed by atoms with van der Waals surface area (Å²) in [7, 11) is 7.95. The molecule has 0 radical (unpaired) electrons. The number of nitrogens with one attached hydrogen (secondary N) is 2. The van der Waals surface area contributed by atoms with Crippen LogP contribution in [0.5, 0.6) is 0 Å². The molecule has 1 aliphatic rings. The molecule has 0 bridgehead atoms. The Bertz CT molecular complexity index is 811. The molecule has 30 heavy (non-hydrogen) atoms. The molecule has 0 spiro atoms. The van der Waals surface area contributed by atoms with Crippen LogP contribution in [0.3, 0.4) is 0 Å². The van der Waals surface area contributed by atoms with Crippen LogP contribution in [-0.4, -0.2) is 72.4 Å². The molecule has 0 saturated carbocycles. The van der Waals surface area contributed by atoms with E-state index in [4.69, 9.17) is 0 Å². The number of anilines is 1. The van der Waals surface area contributed by atoms with E-state index in [1.165, 1.54) is 5.56 Å². The first-order valence-electron chi connectivity index (χ1n) is 10.3. The van der Waals surface area contributed by atoms with Crippen LogP contribution in [0.1, 0.15) is 30.1 Å². The van der Waals surface area contributed by atoms with Gasteiger partial charge >= 0.3 is 0 Å². The van der Waals surface area contributed by atoms with E-state index in [1.807, 2.05) is 38.0 Å². The van der Waals surface area contributed by atoms with Gasteiger partial charge in [0, 0.05) is 57.2 Å². The molecule has 1 unspecified atom stereocenters. The number of likely N-dealkylation sites (N-methyl/N-ethyl adjacent to an activating group) is 1. The van der Waals surface area contributed by atoms with E-state index in [9.17, 15) is 0 Å². The van der Waals surface area contributed by atoms with Crippen LogP contribution in [0.2, 0.25) is 0 Å². The summed E-state index contributed by atoms with van der Waals surface area (Å²) >= 11 is 0. The highest BCUT2D eigenvalue weighted by Gasteiger charge is 2.22. The maximum absolute atomic E-state index is 4.65. The predicted octanol–water partition coefficient (Wildman–Crippen LogP) is 2.18. The van der Waals surface area contributed by atoms with Crippen molar-refractivity contribution in [1.82, 2.24) is 30.3 Å². The highest BCUT2D eigenvalue weighted by molar-refractivity contribution is 14.0. The third-order valence-corrected chi connectivity index (χ3v) is 5.45. The second-order valence-corrected chi connectivity index (χ2v) is 7.92. The summed E-state index contributed by atoms with van der Waals surface area (Å²) in [5.41, 5.74) is 2.26. The number of aliphatic imine (C=N–C) groups is 1. The molecular weight excluding hydrogens is 491 g/mol.